The molecule has 21 heavy (non-hydrogen) atoms. The van der Waals surface area contributed by atoms with Crippen LogP contribution in [0.2, 0.25) is 0 Å². The van der Waals surface area contributed by atoms with Gasteiger partial charge in [-0.3, -0.25) is 4.90 Å². The molecule has 1 aliphatic rings. The van der Waals surface area contributed by atoms with Gasteiger partial charge in [-0.05, 0) is 49.8 Å². The molecule has 2 nitrogen and oxygen atoms in total. The molecule has 1 aromatic carbocycles. The average Bonchev–Trinajstić information content (AvgIpc) is 2.44. The number of hydrogen-bond donors (Lipinski definition) is 0. The van der Waals surface area contributed by atoms with Gasteiger partial charge < -0.3 is 4.74 Å². The Morgan fingerprint density at radius 2 is 1.52 bits per heavy atom. The molecule has 1 aliphatic heterocycles. The Labute approximate surface area is 130 Å². The third-order valence-corrected chi connectivity index (χ3v) is 4.55. The SMILES string of the molecule is CC(C)c1ccc(C(C)CCN2C[C@H](C)O[C@@H](C)C2)cc1. The van der Waals surface area contributed by atoms with Crippen LogP contribution in [0, 0.1) is 0 Å². The normalized spacial score (nSPS) is 25.2. The van der Waals surface area contributed by atoms with E-state index in [0.29, 0.717) is 24.0 Å². The van der Waals surface area contributed by atoms with E-state index in [4.69, 9.17) is 4.74 Å². The van der Waals surface area contributed by atoms with Crippen LogP contribution in [-0.4, -0.2) is 36.7 Å². The maximum atomic E-state index is 5.80. The van der Waals surface area contributed by atoms with Crippen LogP contribution in [0.3, 0.4) is 0 Å². The lowest BCUT2D eigenvalue weighted by molar-refractivity contribution is -0.0683. The number of rotatable bonds is 5. The summed E-state index contributed by atoms with van der Waals surface area (Å²) in [6, 6.07) is 9.19. The van der Waals surface area contributed by atoms with Gasteiger partial charge in [0.25, 0.3) is 0 Å². The lowest BCUT2D eigenvalue weighted by Crippen LogP contribution is -2.45. The molecule has 0 aromatic heterocycles. The van der Waals surface area contributed by atoms with E-state index in [1.54, 1.807) is 0 Å². The molecule has 1 unspecified atom stereocenters. The monoisotopic (exact) mass is 289 g/mol. The summed E-state index contributed by atoms with van der Waals surface area (Å²) in [6.07, 6.45) is 1.96. The highest BCUT2D eigenvalue weighted by Crippen LogP contribution is 2.23. The first kappa shape index (κ1) is 16.5. The van der Waals surface area contributed by atoms with E-state index in [1.807, 2.05) is 0 Å². The van der Waals surface area contributed by atoms with Crippen molar-refractivity contribution in [3.05, 3.63) is 35.4 Å². The summed E-state index contributed by atoms with van der Waals surface area (Å²) in [5.74, 6) is 1.24. The molecule has 0 bridgehead atoms. The summed E-state index contributed by atoms with van der Waals surface area (Å²) < 4.78 is 5.80. The first-order valence-corrected chi connectivity index (χ1v) is 8.43. The number of ether oxygens (including phenoxy) is 1. The van der Waals surface area contributed by atoms with E-state index in [9.17, 15) is 0 Å². The molecule has 1 fully saturated rings. The predicted octanol–water partition coefficient (Wildman–Crippen LogP) is 4.41. The first-order chi connectivity index (χ1) is 9.95. The van der Waals surface area contributed by atoms with Gasteiger partial charge in [-0.2, -0.15) is 0 Å². The number of morpholine rings is 1. The van der Waals surface area contributed by atoms with Crippen LogP contribution in [0.25, 0.3) is 0 Å². The van der Waals surface area contributed by atoms with Crippen molar-refractivity contribution >= 4 is 0 Å². The standard InChI is InChI=1S/C19H31NO/c1-14(2)18-6-8-19(9-7-18)15(3)10-11-20-12-16(4)21-17(5)13-20/h6-9,14-17H,10-13H2,1-5H3/t15?,16-,17-/m0/s1. The third-order valence-electron chi connectivity index (χ3n) is 4.55. The topological polar surface area (TPSA) is 12.5 Å². The second-order valence-electron chi connectivity index (χ2n) is 7.03. The van der Waals surface area contributed by atoms with Gasteiger partial charge in [-0.15, -0.1) is 0 Å². The molecule has 1 saturated heterocycles. The molecule has 0 saturated carbocycles. The summed E-state index contributed by atoms with van der Waals surface area (Å²) in [5.41, 5.74) is 2.90. The van der Waals surface area contributed by atoms with Gasteiger partial charge in [-0.1, -0.05) is 45.0 Å². The molecule has 118 valence electrons. The summed E-state index contributed by atoms with van der Waals surface area (Å²) in [6.45, 7) is 14.5. The Bertz CT molecular complexity index is 416. The predicted molar refractivity (Wildman–Crippen MR) is 90.0 cm³/mol. The zero-order chi connectivity index (χ0) is 15.4. The summed E-state index contributed by atoms with van der Waals surface area (Å²) in [4.78, 5) is 2.55. The van der Waals surface area contributed by atoms with Crippen LogP contribution in [0.5, 0.6) is 0 Å². The summed E-state index contributed by atoms with van der Waals surface area (Å²) in [5, 5.41) is 0. The number of benzene rings is 1. The van der Waals surface area contributed by atoms with Crippen molar-refractivity contribution in [3.8, 4) is 0 Å². The van der Waals surface area contributed by atoms with Gasteiger partial charge in [0.15, 0.2) is 0 Å². The Kier molecular flexibility index (Phi) is 5.83. The molecule has 1 heterocycles. The van der Waals surface area contributed by atoms with E-state index in [0.717, 1.165) is 13.1 Å². The quantitative estimate of drug-likeness (QED) is 0.796. The fourth-order valence-corrected chi connectivity index (χ4v) is 3.22. The molecule has 0 radical (unpaired) electrons. The maximum absolute atomic E-state index is 5.80. The van der Waals surface area contributed by atoms with Gasteiger partial charge in [0, 0.05) is 13.1 Å². The lowest BCUT2D eigenvalue weighted by atomic mass is 9.94. The second-order valence-corrected chi connectivity index (χ2v) is 7.03. The van der Waals surface area contributed by atoms with Crippen LogP contribution in [0.1, 0.15) is 64.0 Å². The molecule has 3 atom stereocenters. The summed E-state index contributed by atoms with van der Waals surface area (Å²) in [7, 11) is 0. The maximum Gasteiger partial charge on any atom is 0.0678 e. The third kappa shape index (κ3) is 4.82. The van der Waals surface area contributed by atoms with Crippen molar-refractivity contribution in [1.29, 1.82) is 0 Å². The van der Waals surface area contributed by atoms with Gasteiger partial charge >= 0.3 is 0 Å². The Morgan fingerprint density at radius 1 is 1.00 bits per heavy atom. The molecule has 0 N–H and O–H groups in total. The zero-order valence-electron chi connectivity index (χ0n) is 14.3. The molecule has 0 amide bonds. The zero-order valence-corrected chi connectivity index (χ0v) is 14.3. The van der Waals surface area contributed by atoms with Crippen LogP contribution in [0.15, 0.2) is 24.3 Å². The van der Waals surface area contributed by atoms with E-state index in [1.165, 1.54) is 24.1 Å². The lowest BCUT2D eigenvalue weighted by Gasteiger charge is -2.35. The highest BCUT2D eigenvalue weighted by molar-refractivity contribution is 5.26. The average molecular weight is 289 g/mol. The molecule has 0 aliphatic carbocycles. The molecule has 2 rings (SSSR count). The van der Waals surface area contributed by atoms with Crippen LogP contribution in [-0.2, 0) is 4.74 Å². The largest absolute Gasteiger partial charge is 0.373 e. The van der Waals surface area contributed by atoms with Crippen molar-refractivity contribution in [2.24, 2.45) is 0 Å². The molecular formula is C19H31NO. The van der Waals surface area contributed by atoms with Gasteiger partial charge in [0.1, 0.15) is 0 Å². The van der Waals surface area contributed by atoms with E-state index < -0.39 is 0 Å². The molecular weight excluding hydrogens is 258 g/mol. The minimum atomic E-state index is 0.370. The summed E-state index contributed by atoms with van der Waals surface area (Å²) >= 11 is 0. The van der Waals surface area contributed by atoms with Gasteiger partial charge in [-0.25, -0.2) is 0 Å². The Hall–Kier alpha value is -0.860. The molecule has 0 spiro atoms. The minimum absolute atomic E-state index is 0.370. The minimum Gasteiger partial charge on any atom is -0.373 e. The van der Waals surface area contributed by atoms with E-state index in [-0.39, 0.29) is 0 Å². The second kappa shape index (κ2) is 7.42. The smallest absolute Gasteiger partial charge is 0.0678 e. The number of nitrogens with zero attached hydrogens (tertiary/aromatic N) is 1. The fourth-order valence-electron chi connectivity index (χ4n) is 3.22. The molecule has 2 heteroatoms. The fraction of sp³-hybridized carbons (Fsp3) is 0.684. The number of hydrogen-bond acceptors (Lipinski definition) is 2. The van der Waals surface area contributed by atoms with E-state index in [2.05, 4.69) is 63.8 Å². The van der Waals surface area contributed by atoms with Crippen LogP contribution >= 0.6 is 0 Å². The van der Waals surface area contributed by atoms with Crippen molar-refractivity contribution in [1.82, 2.24) is 4.90 Å². The van der Waals surface area contributed by atoms with Crippen molar-refractivity contribution in [2.75, 3.05) is 19.6 Å². The molecule has 1 aromatic rings. The van der Waals surface area contributed by atoms with Crippen LogP contribution < -0.4 is 0 Å². The highest BCUT2D eigenvalue weighted by atomic mass is 16.5. The Morgan fingerprint density at radius 3 is 2.05 bits per heavy atom. The first-order valence-electron chi connectivity index (χ1n) is 8.43. The van der Waals surface area contributed by atoms with E-state index >= 15 is 0 Å². The highest BCUT2D eigenvalue weighted by Gasteiger charge is 2.22. The van der Waals surface area contributed by atoms with Crippen molar-refractivity contribution in [2.45, 2.75) is 65.1 Å². The van der Waals surface area contributed by atoms with Crippen LogP contribution in [0.4, 0.5) is 0 Å². The Balaban J connectivity index is 1.85. The van der Waals surface area contributed by atoms with Gasteiger partial charge in [0.05, 0.1) is 12.2 Å². The van der Waals surface area contributed by atoms with Crippen molar-refractivity contribution in [3.63, 3.8) is 0 Å². The van der Waals surface area contributed by atoms with Crippen molar-refractivity contribution < 1.29 is 4.74 Å². The van der Waals surface area contributed by atoms with Gasteiger partial charge in [0.2, 0.25) is 0 Å².